The summed E-state index contributed by atoms with van der Waals surface area (Å²) in [5, 5.41) is 10.4. The minimum atomic E-state index is -0.470. The van der Waals surface area contributed by atoms with Crippen LogP contribution in [-0.2, 0) is 9.53 Å². The molecule has 1 fully saturated rings. The zero-order chi connectivity index (χ0) is 22.7. The molecule has 0 radical (unpaired) electrons. The van der Waals surface area contributed by atoms with Crippen LogP contribution in [0.2, 0.25) is 5.02 Å². The van der Waals surface area contributed by atoms with Gasteiger partial charge in [-0.3, -0.25) is 14.2 Å². The lowest BCUT2D eigenvalue weighted by Crippen LogP contribution is -2.42. The summed E-state index contributed by atoms with van der Waals surface area (Å²) in [6.45, 7) is 1.48. The zero-order valence-corrected chi connectivity index (χ0v) is 18.3. The van der Waals surface area contributed by atoms with E-state index in [1.54, 1.807) is 30.3 Å². The molecule has 0 bridgehead atoms. The van der Waals surface area contributed by atoms with Crippen molar-refractivity contribution in [2.45, 2.75) is 0 Å². The van der Waals surface area contributed by atoms with Gasteiger partial charge in [0.25, 0.3) is 11.5 Å². The molecule has 3 aromatic rings. The fourth-order valence-electron chi connectivity index (χ4n) is 3.33. The Bertz CT molecular complexity index is 1380. The molecule has 1 aromatic heterocycles. The SMILES string of the molecule is N#C/C(C(=O)N1CCOCC1)=c1/s/c(=C/c2cccc(Cl)c2)c(=O)n1-c1ccc(F)cc1. The highest BCUT2D eigenvalue weighted by Crippen LogP contribution is 2.12. The predicted octanol–water partition coefficient (Wildman–Crippen LogP) is 2.05. The van der Waals surface area contributed by atoms with E-state index in [-0.39, 0.29) is 10.2 Å². The maximum absolute atomic E-state index is 13.5. The number of carbonyl (C=O) groups excluding carboxylic acids is 1. The molecule has 0 aliphatic carbocycles. The molecule has 1 aliphatic rings. The number of thiazole rings is 1. The molecule has 0 atom stereocenters. The predicted molar refractivity (Wildman–Crippen MR) is 121 cm³/mol. The third kappa shape index (κ3) is 4.50. The van der Waals surface area contributed by atoms with E-state index in [9.17, 15) is 19.2 Å². The number of amides is 1. The Balaban J connectivity index is 1.99. The molecule has 1 aliphatic heterocycles. The number of halogens is 2. The third-order valence-corrected chi connectivity index (χ3v) is 6.22. The van der Waals surface area contributed by atoms with Gasteiger partial charge in [-0.2, -0.15) is 5.26 Å². The van der Waals surface area contributed by atoms with Crippen molar-refractivity contribution in [3.05, 3.63) is 84.5 Å². The number of benzene rings is 2. The average molecular weight is 470 g/mol. The number of ether oxygens (including phenoxy) is 1. The van der Waals surface area contributed by atoms with Crippen LogP contribution in [0.3, 0.4) is 0 Å². The fraction of sp³-hybridized carbons (Fsp3) is 0.174. The number of carbonyl (C=O) groups is 1. The maximum atomic E-state index is 13.5. The van der Waals surface area contributed by atoms with Crippen LogP contribution in [0.15, 0.2) is 53.3 Å². The molecule has 0 unspecified atom stereocenters. The Morgan fingerprint density at radius 1 is 1.19 bits per heavy atom. The topological polar surface area (TPSA) is 75.3 Å². The fourth-order valence-corrected chi connectivity index (χ4v) is 4.63. The first-order chi connectivity index (χ1) is 15.5. The van der Waals surface area contributed by atoms with Gasteiger partial charge in [0.2, 0.25) is 0 Å². The Hall–Kier alpha value is -3.25. The van der Waals surface area contributed by atoms with Gasteiger partial charge in [-0.1, -0.05) is 23.7 Å². The lowest BCUT2D eigenvalue weighted by atomic mass is 10.2. The van der Waals surface area contributed by atoms with Gasteiger partial charge >= 0.3 is 0 Å². The quantitative estimate of drug-likeness (QED) is 0.588. The van der Waals surface area contributed by atoms with Gasteiger partial charge in [0, 0.05) is 18.1 Å². The minimum absolute atomic E-state index is 0.149. The van der Waals surface area contributed by atoms with E-state index in [4.69, 9.17) is 16.3 Å². The molecule has 4 rings (SSSR count). The third-order valence-electron chi connectivity index (χ3n) is 4.89. The second-order valence-electron chi connectivity index (χ2n) is 6.98. The van der Waals surface area contributed by atoms with Crippen LogP contribution >= 0.6 is 22.9 Å². The summed E-state index contributed by atoms with van der Waals surface area (Å²) in [7, 11) is 0. The van der Waals surface area contributed by atoms with Crippen LogP contribution in [0.25, 0.3) is 17.3 Å². The first-order valence-corrected chi connectivity index (χ1v) is 10.9. The molecule has 2 aromatic carbocycles. The summed E-state index contributed by atoms with van der Waals surface area (Å²) in [5.74, 6) is -0.930. The van der Waals surface area contributed by atoms with Gasteiger partial charge in [0.05, 0.1) is 23.4 Å². The lowest BCUT2D eigenvalue weighted by molar-refractivity contribution is -0.128. The van der Waals surface area contributed by atoms with E-state index in [2.05, 4.69) is 0 Å². The molecule has 1 amide bonds. The molecule has 0 saturated carbocycles. The van der Waals surface area contributed by atoms with Crippen molar-refractivity contribution in [2.24, 2.45) is 0 Å². The molecule has 32 heavy (non-hydrogen) atoms. The number of nitriles is 1. The first-order valence-electron chi connectivity index (χ1n) is 9.74. The highest BCUT2D eigenvalue weighted by molar-refractivity contribution is 7.07. The van der Waals surface area contributed by atoms with Gasteiger partial charge in [-0.05, 0) is 48.0 Å². The van der Waals surface area contributed by atoms with E-state index in [0.717, 1.165) is 11.3 Å². The van der Waals surface area contributed by atoms with E-state index < -0.39 is 17.3 Å². The summed E-state index contributed by atoms with van der Waals surface area (Å²) < 4.78 is 20.6. The summed E-state index contributed by atoms with van der Waals surface area (Å²) in [6, 6.07) is 14.3. The number of hydrogen-bond donors (Lipinski definition) is 0. The standard InChI is InChI=1S/C23H17ClFN3O3S/c24-16-3-1-2-15(12-16)13-20-22(30)28(18-6-4-17(25)5-7-18)23(32-20)19(14-26)21(29)27-8-10-31-11-9-27/h1-7,12-13H,8-11H2/b20-13+,23-19-. The van der Waals surface area contributed by atoms with Gasteiger partial charge < -0.3 is 9.64 Å². The highest BCUT2D eigenvalue weighted by Gasteiger charge is 2.24. The van der Waals surface area contributed by atoms with Crippen molar-refractivity contribution in [2.75, 3.05) is 26.3 Å². The van der Waals surface area contributed by atoms with Crippen LogP contribution < -0.4 is 14.8 Å². The molecule has 9 heteroatoms. The van der Waals surface area contributed by atoms with Gasteiger partial charge in [-0.15, -0.1) is 11.3 Å². The van der Waals surface area contributed by atoms with Gasteiger partial charge in [0.15, 0.2) is 5.57 Å². The van der Waals surface area contributed by atoms with Crippen molar-refractivity contribution in [1.29, 1.82) is 5.26 Å². The largest absolute Gasteiger partial charge is 0.378 e. The molecule has 0 spiro atoms. The van der Waals surface area contributed by atoms with Crippen molar-refractivity contribution in [1.82, 2.24) is 9.47 Å². The average Bonchev–Trinajstić information content (AvgIpc) is 3.11. The first kappa shape index (κ1) is 22.0. The number of aromatic nitrogens is 1. The zero-order valence-electron chi connectivity index (χ0n) is 16.8. The number of hydrogen-bond acceptors (Lipinski definition) is 5. The summed E-state index contributed by atoms with van der Waals surface area (Å²) in [6.07, 6.45) is 1.65. The van der Waals surface area contributed by atoms with Gasteiger partial charge in [0.1, 0.15) is 16.5 Å². The minimum Gasteiger partial charge on any atom is -0.378 e. The van der Waals surface area contributed by atoms with Crippen LogP contribution in [0.4, 0.5) is 4.39 Å². The van der Waals surface area contributed by atoms with Gasteiger partial charge in [-0.25, -0.2) is 4.39 Å². The van der Waals surface area contributed by atoms with Crippen LogP contribution in [0.1, 0.15) is 5.56 Å². The Kier molecular flexibility index (Phi) is 6.51. The van der Waals surface area contributed by atoms with Crippen molar-refractivity contribution in [3.63, 3.8) is 0 Å². The van der Waals surface area contributed by atoms with E-state index in [1.807, 2.05) is 6.07 Å². The Morgan fingerprint density at radius 3 is 2.56 bits per heavy atom. The van der Waals surface area contributed by atoms with E-state index >= 15 is 0 Å². The molecule has 2 heterocycles. The molecular weight excluding hydrogens is 453 g/mol. The molecule has 1 saturated heterocycles. The maximum Gasteiger partial charge on any atom is 0.273 e. The smallest absolute Gasteiger partial charge is 0.273 e. The van der Waals surface area contributed by atoms with Crippen molar-refractivity contribution in [3.8, 4) is 11.8 Å². The summed E-state index contributed by atoms with van der Waals surface area (Å²) >= 11 is 7.09. The van der Waals surface area contributed by atoms with Crippen molar-refractivity contribution >= 4 is 40.5 Å². The summed E-state index contributed by atoms with van der Waals surface area (Å²) in [4.78, 5) is 28.0. The molecule has 0 N–H and O–H groups in total. The Morgan fingerprint density at radius 2 is 1.91 bits per heavy atom. The monoisotopic (exact) mass is 469 g/mol. The second-order valence-corrected chi connectivity index (χ2v) is 8.45. The molecule has 6 nitrogen and oxygen atoms in total. The second kappa shape index (κ2) is 9.49. The molecule has 162 valence electrons. The van der Waals surface area contributed by atoms with Crippen LogP contribution in [0.5, 0.6) is 0 Å². The normalized spacial score (nSPS) is 15.4. The van der Waals surface area contributed by atoms with E-state index in [1.165, 1.54) is 33.7 Å². The number of rotatable bonds is 3. The number of morpholine rings is 1. The van der Waals surface area contributed by atoms with E-state index in [0.29, 0.717) is 47.1 Å². The van der Waals surface area contributed by atoms with Crippen molar-refractivity contribution < 1.29 is 13.9 Å². The lowest BCUT2D eigenvalue weighted by Gasteiger charge is -2.26. The number of nitrogens with zero attached hydrogens (tertiary/aromatic N) is 3. The van der Waals surface area contributed by atoms with Crippen LogP contribution in [-0.4, -0.2) is 41.7 Å². The summed E-state index contributed by atoms with van der Waals surface area (Å²) in [5.41, 5.74) is 0.491. The van der Waals surface area contributed by atoms with Crippen LogP contribution in [0, 0.1) is 17.1 Å². The highest BCUT2D eigenvalue weighted by atomic mass is 35.5. The molecular formula is C23H17ClFN3O3S. The Labute approximate surface area is 191 Å².